The Hall–Kier alpha value is -3.01. The summed E-state index contributed by atoms with van der Waals surface area (Å²) in [6.45, 7) is 0.177. The van der Waals surface area contributed by atoms with Gasteiger partial charge in [0, 0.05) is 42.5 Å². The van der Waals surface area contributed by atoms with Crippen molar-refractivity contribution in [3.8, 4) is 17.1 Å². The molecule has 3 aliphatic rings. The third-order valence-electron chi connectivity index (χ3n) is 7.58. The molecule has 6 rings (SSSR count). The summed E-state index contributed by atoms with van der Waals surface area (Å²) in [5.41, 5.74) is 2.71. The van der Waals surface area contributed by atoms with Crippen LogP contribution in [0.4, 0.5) is 23.2 Å². The average Bonchev–Trinajstić information content (AvgIpc) is 3.64. The SMILES string of the molecule is OC(NC1CCN(c2ccc(-c3nc4cc(O[C@@H]5CO[C@H]6[C@@H]5OC[C@H]6O)[nH]c4cc3F)cc2)CC1)OCC(F)(F)F. The Morgan fingerprint density at radius 1 is 1.10 bits per heavy atom. The molecule has 3 aromatic rings. The lowest BCUT2D eigenvalue weighted by atomic mass is 10.0. The molecule has 41 heavy (non-hydrogen) atoms. The van der Waals surface area contributed by atoms with E-state index in [9.17, 15) is 23.4 Å². The van der Waals surface area contributed by atoms with Gasteiger partial charge in [0.2, 0.25) is 6.41 Å². The van der Waals surface area contributed by atoms with Crippen molar-refractivity contribution >= 4 is 16.7 Å². The Balaban J connectivity index is 1.07. The number of H-pyrrole nitrogens is 1. The lowest BCUT2D eigenvalue weighted by molar-refractivity contribution is -0.225. The number of fused-ring (bicyclic) bond motifs is 2. The fourth-order valence-electron chi connectivity index (χ4n) is 5.54. The van der Waals surface area contributed by atoms with Gasteiger partial charge in [-0.2, -0.15) is 13.2 Å². The Morgan fingerprint density at radius 2 is 1.83 bits per heavy atom. The number of anilines is 1. The Bertz CT molecular complexity index is 1350. The zero-order chi connectivity index (χ0) is 28.7. The molecule has 222 valence electrons. The summed E-state index contributed by atoms with van der Waals surface area (Å²) in [5.74, 6) is -0.0979. The minimum Gasteiger partial charge on any atom is -0.470 e. The molecule has 1 aromatic carbocycles. The summed E-state index contributed by atoms with van der Waals surface area (Å²) in [4.78, 5) is 9.65. The minimum absolute atomic E-state index is 0.186. The first kappa shape index (κ1) is 28.1. The van der Waals surface area contributed by atoms with Crippen LogP contribution in [0.5, 0.6) is 5.88 Å². The second-order valence-electron chi connectivity index (χ2n) is 10.5. The second kappa shape index (κ2) is 11.3. The van der Waals surface area contributed by atoms with E-state index in [1.54, 1.807) is 18.2 Å². The number of alkyl halides is 3. The quantitative estimate of drug-likeness (QED) is 0.235. The van der Waals surface area contributed by atoms with Crippen LogP contribution in [0.2, 0.25) is 0 Å². The van der Waals surface area contributed by atoms with Crippen molar-refractivity contribution in [2.75, 3.05) is 37.8 Å². The molecule has 0 saturated carbocycles. The van der Waals surface area contributed by atoms with Crippen LogP contribution in [0.1, 0.15) is 12.8 Å². The first-order chi connectivity index (χ1) is 19.6. The average molecular weight is 583 g/mol. The van der Waals surface area contributed by atoms with Crippen LogP contribution in [-0.2, 0) is 14.2 Å². The lowest BCUT2D eigenvalue weighted by Gasteiger charge is -2.35. The van der Waals surface area contributed by atoms with Crippen molar-refractivity contribution in [3.63, 3.8) is 0 Å². The minimum atomic E-state index is -4.51. The molecular weight excluding hydrogens is 552 g/mol. The van der Waals surface area contributed by atoms with Crippen LogP contribution >= 0.6 is 0 Å². The van der Waals surface area contributed by atoms with E-state index in [1.807, 2.05) is 12.1 Å². The Labute approximate surface area is 232 Å². The summed E-state index contributed by atoms with van der Waals surface area (Å²) < 4.78 is 73.4. The monoisotopic (exact) mass is 582 g/mol. The van der Waals surface area contributed by atoms with Crippen LogP contribution in [0.15, 0.2) is 36.4 Å². The standard InChI is InChI=1S/C27H30F4N4O6/c28-17-9-18-19(10-22(33-18)41-21-12-39-24-20(36)11-38-25(21)24)34-23(17)14-1-3-16(4-2-14)35-7-5-15(6-8-35)32-26(37)40-13-27(29,30)31/h1-4,9-10,15,20-21,24-26,32-33,36-37H,5-8,11-13H2/t20-,21-,24-,25-,26?/m1/s1. The number of nitrogens with one attached hydrogen (secondary N) is 2. The van der Waals surface area contributed by atoms with Crippen LogP contribution < -0.4 is 15.0 Å². The van der Waals surface area contributed by atoms with Gasteiger partial charge in [0.05, 0.1) is 24.2 Å². The van der Waals surface area contributed by atoms with E-state index < -0.39 is 43.3 Å². The van der Waals surface area contributed by atoms with E-state index in [1.165, 1.54) is 6.07 Å². The van der Waals surface area contributed by atoms with E-state index >= 15 is 4.39 Å². The summed E-state index contributed by atoms with van der Waals surface area (Å²) >= 11 is 0. The highest BCUT2D eigenvalue weighted by atomic mass is 19.4. The van der Waals surface area contributed by atoms with Crippen molar-refractivity contribution < 1.29 is 46.7 Å². The van der Waals surface area contributed by atoms with Gasteiger partial charge in [0.1, 0.15) is 30.6 Å². The van der Waals surface area contributed by atoms with Gasteiger partial charge in [-0.25, -0.2) is 9.37 Å². The topological polar surface area (TPSA) is 121 Å². The number of halogens is 4. The molecule has 14 heteroatoms. The van der Waals surface area contributed by atoms with Crippen molar-refractivity contribution in [2.45, 2.75) is 55.9 Å². The fraction of sp³-hybridized carbons (Fsp3) is 0.519. The number of hydrogen-bond donors (Lipinski definition) is 4. The smallest absolute Gasteiger partial charge is 0.411 e. The highest BCUT2D eigenvalue weighted by Gasteiger charge is 2.48. The Morgan fingerprint density at radius 3 is 2.56 bits per heavy atom. The van der Waals surface area contributed by atoms with Crippen LogP contribution in [-0.4, -0.2) is 96.1 Å². The normalized spacial score (nSPS) is 26.0. The number of aromatic amines is 1. The third kappa shape index (κ3) is 6.27. The van der Waals surface area contributed by atoms with Gasteiger partial charge < -0.3 is 39.0 Å². The molecule has 2 aromatic heterocycles. The van der Waals surface area contributed by atoms with Gasteiger partial charge in [-0.05, 0) is 25.0 Å². The molecule has 0 bridgehead atoms. The summed E-state index contributed by atoms with van der Waals surface area (Å²) in [6, 6.07) is 10.2. The molecule has 0 radical (unpaired) electrons. The van der Waals surface area contributed by atoms with Crippen LogP contribution in [0.3, 0.4) is 0 Å². The predicted molar refractivity (Wildman–Crippen MR) is 138 cm³/mol. The summed E-state index contributed by atoms with van der Waals surface area (Å²) in [7, 11) is 0. The zero-order valence-corrected chi connectivity index (χ0v) is 21.8. The number of piperidine rings is 1. The molecule has 5 atom stereocenters. The first-order valence-corrected chi connectivity index (χ1v) is 13.4. The number of aliphatic hydroxyl groups excluding tert-OH is 2. The van der Waals surface area contributed by atoms with Gasteiger partial charge in [-0.3, -0.25) is 5.32 Å². The van der Waals surface area contributed by atoms with E-state index in [-0.39, 0.29) is 31.1 Å². The summed E-state index contributed by atoms with van der Waals surface area (Å²) in [5, 5.41) is 22.3. The molecule has 3 fully saturated rings. The summed E-state index contributed by atoms with van der Waals surface area (Å²) in [6.07, 6.45) is -6.88. The number of nitrogens with zero attached hydrogens (tertiary/aromatic N) is 2. The molecule has 3 aliphatic heterocycles. The molecule has 4 N–H and O–H groups in total. The molecule has 0 amide bonds. The molecule has 0 spiro atoms. The van der Waals surface area contributed by atoms with Crippen molar-refractivity contribution in [3.05, 3.63) is 42.2 Å². The number of pyridine rings is 1. The van der Waals surface area contributed by atoms with E-state index in [0.717, 1.165) is 5.69 Å². The fourth-order valence-corrected chi connectivity index (χ4v) is 5.54. The van der Waals surface area contributed by atoms with Crippen LogP contribution in [0.25, 0.3) is 22.3 Å². The molecule has 0 aliphatic carbocycles. The van der Waals surface area contributed by atoms with Gasteiger partial charge in [0.25, 0.3) is 0 Å². The number of aromatic nitrogens is 2. The van der Waals surface area contributed by atoms with E-state index in [2.05, 4.69) is 24.9 Å². The maximum atomic E-state index is 15.1. The molecule has 3 saturated heterocycles. The predicted octanol–water partition coefficient (Wildman–Crippen LogP) is 2.69. The molecule has 1 unspecified atom stereocenters. The van der Waals surface area contributed by atoms with Gasteiger partial charge in [-0.15, -0.1) is 0 Å². The zero-order valence-electron chi connectivity index (χ0n) is 21.8. The van der Waals surface area contributed by atoms with Gasteiger partial charge >= 0.3 is 6.18 Å². The molecular formula is C27H30F4N4O6. The highest BCUT2D eigenvalue weighted by molar-refractivity contribution is 5.81. The molecule has 5 heterocycles. The van der Waals surface area contributed by atoms with Crippen molar-refractivity contribution in [2.24, 2.45) is 0 Å². The second-order valence-corrected chi connectivity index (χ2v) is 10.5. The Kier molecular flexibility index (Phi) is 7.78. The number of aliphatic hydroxyl groups is 2. The number of hydrogen-bond acceptors (Lipinski definition) is 9. The van der Waals surface area contributed by atoms with Gasteiger partial charge in [-0.1, -0.05) is 12.1 Å². The van der Waals surface area contributed by atoms with Crippen molar-refractivity contribution in [1.29, 1.82) is 0 Å². The number of ether oxygens (including phenoxy) is 4. The van der Waals surface area contributed by atoms with Gasteiger partial charge in [0.15, 0.2) is 17.8 Å². The highest BCUT2D eigenvalue weighted by Crippen LogP contribution is 2.32. The van der Waals surface area contributed by atoms with Crippen LogP contribution in [0, 0.1) is 5.82 Å². The first-order valence-electron chi connectivity index (χ1n) is 13.4. The lowest BCUT2D eigenvalue weighted by Crippen LogP contribution is -2.47. The molecule has 10 nitrogen and oxygen atoms in total. The van der Waals surface area contributed by atoms with E-state index in [0.29, 0.717) is 48.4 Å². The number of benzene rings is 1. The maximum Gasteiger partial charge on any atom is 0.411 e. The maximum absolute atomic E-state index is 15.1. The number of rotatable bonds is 8. The third-order valence-corrected chi connectivity index (χ3v) is 7.58. The van der Waals surface area contributed by atoms with Crippen molar-refractivity contribution in [1.82, 2.24) is 15.3 Å². The largest absolute Gasteiger partial charge is 0.470 e. The van der Waals surface area contributed by atoms with E-state index in [4.69, 9.17) is 14.2 Å².